The SMILES string of the molecule is Cl.NC[C@@H]1CN(Cc2ccccc2OCC(F)(F)F)C[C@H]1c1ccccc1. The summed E-state index contributed by atoms with van der Waals surface area (Å²) < 4.78 is 42.4. The Balaban J connectivity index is 0.00000261. The van der Waals surface area contributed by atoms with Gasteiger partial charge >= 0.3 is 6.18 Å². The van der Waals surface area contributed by atoms with Crippen molar-refractivity contribution in [2.75, 3.05) is 26.2 Å². The van der Waals surface area contributed by atoms with Crippen LogP contribution in [0.3, 0.4) is 0 Å². The predicted octanol–water partition coefficient (Wildman–Crippen LogP) is 4.22. The van der Waals surface area contributed by atoms with Crippen molar-refractivity contribution in [2.45, 2.75) is 18.6 Å². The van der Waals surface area contributed by atoms with Crippen molar-refractivity contribution < 1.29 is 17.9 Å². The molecule has 2 aromatic carbocycles. The molecule has 2 atom stereocenters. The summed E-state index contributed by atoms with van der Waals surface area (Å²) in [6.07, 6.45) is -4.34. The Labute approximate surface area is 163 Å². The van der Waals surface area contributed by atoms with Gasteiger partial charge in [0.2, 0.25) is 0 Å². The van der Waals surface area contributed by atoms with E-state index in [9.17, 15) is 13.2 Å². The summed E-state index contributed by atoms with van der Waals surface area (Å²) in [4.78, 5) is 2.24. The minimum absolute atomic E-state index is 0. The van der Waals surface area contributed by atoms with Gasteiger partial charge in [0, 0.05) is 31.1 Å². The molecule has 148 valence electrons. The molecule has 3 nitrogen and oxygen atoms in total. The Hall–Kier alpha value is -1.76. The van der Waals surface area contributed by atoms with Gasteiger partial charge in [0.25, 0.3) is 0 Å². The molecule has 0 radical (unpaired) electrons. The fourth-order valence-electron chi connectivity index (χ4n) is 3.58. The lowest BCUT2D eigenvalue weighted by Crippen LogP contribution is -2.24. The molecule has 1 fully saturated rings. The van der Waals surface area contributed by atoms with E-state index in [1.165, 1.54) is 5.56 Å². The third-order valence-corrected chi connectivity index (χ3v) is 4.81. The maximum Gasteiger partial charge on any atom is 0.422 e. The monoisotopic (exact) mass is 400 g/mol. The van der Waals surface area contributed by atoms with Crippen LogP contribution in [0.5, 0.6) is 5.75 Å². The maximum absolute atomic E-state index is 12.5. The summed E-state index contributed by atoms with van der Waals surface area (Å²) in [5, 5.41) is 0. The van der Waals surface area contributed by atoms with Crippen LogP contribution in [0, 0.1) is 5.92 Å². The summed E-state index contributed by atoms with van der Waals surface area (Å²) in [7, 11) is 0. The van der Waals surface area contributed by atoms with Gasteiger partial charge in [0.1, 0.15) is 5.75 Å². The lowest BCUT2D eigenvalue weighted by molar-refractivity contribution is -0.153. The largest absolute Gasteiger partial charge is 0.484 e. The highest BCUT2D eigenvalue weighted by atomic mass is 35.5. The number of halogens is 4. The summed E-state index contributed by atoms with van der Waals surface area (Å²) in [5.74, 6) is 0.961. The number of benzene rings is 2. The number of nitrogens with zero attached hydrogens (tertiary/aromatic N) is 1. The molecule has 2 aromatic rings. The van der Waals surface area contributed by atoms with E-state index in [0.717, 1.165) is 18.7 Å². The van der Waals surface area contributed by atoms with Gasteiger partial charge in [-0.25, -0.2) is 0 Å². The van der Waals surface area contributed by atoms with Crippen molar-refractivity contribution in [2.24, 2.45) is 11.7 Å². The summed E-state index contributed by atoms with van der Waals surface area (Å²) in [5.41, 5.74) is 7.99. The second-order valence-electron chi connectivity index (χ2n) is 6.72. The molecule has 0 bridgehead atoms. The number of hydrogen-bond acceptors (Lipinski definition) is 3. The molecule has 0 amide bonds. The molecule has 1 heterocycles. The molecule has 1 saturated heterocycles. The Morgan fingerprint density at radius 3 is 2.33 bits per heavy atom. The van der Waals surface area contributed by atoms with Crippen molar-refractivity contribution in [3.63, 3.8) is 0 Å². The van der Waals surface area contributed by atoms with E-state index in [1.54, 1.807) is 12.1 Å². The Bertz CT molecular complexity index is 712. The van der Waals surface area contributed by atoms with Gasteiger partial charge in [-0.2, -0.15) is 13.2 Å². The molecular formula is C20H24ClF3N2O. The van der Waals surface area contributed by atoms with E-state index in [0.29, 0.717) is 24.9 Å². The maximum atomic E-state index is 12.5. The van der Waals surface area contributed by atoms with Crippen LogP contribution in [0.25, 0.3) is 0 Å². The second-order valence-corrected chi connectivity index (χ2v) is 6.72. The molecule has 3 rings (SSSR count). The van der Waals surface area contributed by atoms with Crippen molar-refractivity contribution in [1.82, 2.24) is 4.90 Å². The zero-order valence-electron chi connectivity index (χ0n) is 14.9. The quantitative estimate of drug-likeness (QED) is 0.788. The first-order valence-corrected chi connectivity index (χ1v) is 8.71. The van der Waals surface area contributed by atoms with E-state index in [-0.39, 0.29) is 18.2 Å². The third-order valence-electron chi connectivity index (χ3n) is 4.81. The van der Waals surface area contributed by atoms with Gasteiger partial charge in [-0.3, -0.25) is 4.90 Å². The topological polar surface area (TPSA) is 38.5 Å². The van der Waals surface area contributed by atoms with E-state index in [1.807, 2.05) is 30.3 Å². The molecule has 1 aliphatic rings. The molecule has 0 unspecified atom stereocenters. The highest BCUT2D eigenvalue weighted by Crippen LogP contribution is 2.34. The number of para-hydroxylation sites is 1. The Morgan fingerprint density at radius 1 is 1.00 bits per heavy atom. The molecule has 7 heteroatoms. The normalized spacial score (nSPS) is 20.3. The van der Waals surface area contributed by atoms with E-state index in [2.05, 4.69) is 17.0 Å². The Kier molecular flexibility index (Phi) is 7.53. The average Bonchev–Trinajstić information content (AvgIpc) is 3.04. The first-order valence-electron chi connectivity index (χ1n) is 8.71. The van der Waals surface area contributed by atoms with Crippen molar-refractivity contribution in [3.05, 3.63) is 65.7 Å². The predicted molar refractivity (Wildman–Crippen MR) is 102 cm³/mol. The number of rotatable bonds is 6. The number of alkyl halides is 3. The lowest BCUT2D eigenvalue weighted by Gasteiger charge is -2.19. The molecule has 0 aliphatic carbocycles. The van der Waals surface area contributed by atoms with Crippen LogP contribution in [0.15, 0.2) is 54.6 Å². The molecular weight excluding hydrogens is 377 g/mol. The van der Waals surface area contributed by atoms with Crippen LogP contribution in [0.4, 0.5) is 13.2 Å². The minimum Gasteiger partial charge on any atom is -0.484 e. The number of ether oxygens (including phenoxy) is 1. The highest BCUT2D eigenvalue weighted by molar-refractivity contribution is 5.85. The minimum atomic E-state index is -4.34. The van der Waals surface area contributed by atoms with Crippen molar-refractivity contribution in [1.29, 1.82) is 0 Å². The third kappa shape index (κ3) is 5.86. The lowest BCUT2D eigenvalue weighted by atomic mass is 9.89. The van der Waals surface area contributed by atoms with Gasteiger partial charge in [0.15, 0.2) is 6.61 Å². The first-order chi connectivity index (χ1) is 12.5. The van der Waals surface area contributed by atoms with E-state index >= 15 is 0 Å². The molecule has 0 saturated carbocycles. The van der Waals surface area contributed by atoms with Crippen LogP contribution in [0.1, 0.15) is 17.0 Å². The molecule has 2 N–H and O–H groups in total. The number of nitrogens with two attached hydrogens (primary N) is 1. The summed E-state index contributed by atoms with van der Waals surface area (Å²) >= 11 is 0. The van der Waals surface area contributed by atoms with Crippen molar-refractivity contribution in [3.8, 4) is 5.75 Å². The molecule has 1 aliphatic heterocycles. The Morgan fingerprint density at radius 2 is 1.67 bits per heavy atom. The summed E-state index contributed by atoms with van der Waals surface area (Å²) in [6, 6.07) is 17.2. The van der Waals surface area contributed by atoms with Crippen LogP contribution >= 0.6 is 12.4 Å². The second kappa shape index (κ2) is 9.44. The van der Waals surface area contributed by atoms with Crippen LogP contribution in [-0.2, 0) is 6.54 Å². The van der Waals surface area contributed by atoms with Crippen molar-refractivity contribution >= 4 is 12.4 Å². The molecule has 0 aromatic heterocycles. The zero-order chi connectivity index (χ0) is 18.6. The highest BCUT2D eigenvalue weighted by Gasteiger charge is 2.33. The standard InChI is InChI=1S/C20H23F3N2O.ClH/c21-20(22,23)14-26-19-9-5-4-8-16(19)11-25-12-17(10-24)18(13-25)15-6-2-1-3-7-15;/h1-9,17-18H,10-14,24H2;1H/t17-,18+;/m1./s1. The van der Waals surface area contributed by atoms with Crippen LogP contribution in [-0.4, -0.2) is 37.3 Å². The van der Waals surface area contributed by atoms with Gasteiger partial charge < -0.3 is 10.5 Å². The van der Waals surface area contributed by atoms with Crippen LogP contribution in [0.2, 0.25) is 0 Å². The summed E-state index contributed by atoms with van der Waals surface area (Å²) in [6.45, 7) is 1.52. The van der Waals surface area contributed by atoms with Gasteiger partial charge in [0.05, 0.1) is 0 Å². The number of likely N-dealkylation sites (tertiary alicyclic amines) is 1. The average molecular weight is 401 g/mol. The smallest absolute Gasteiger partial charge is 0.422 e. The molecule has 27 heavy (non-hydrogen) atoms. The zero-order valence-corrected chi connectivity index (χ0v) is 15.7. The van der Waals surface area contributed by atoms with Gasteiger partial charge in [-0.1, -0.05) is 48.5 Å². The fourth-order valence-corrected chi connectivity index (χ4v) is 3.58. The van der Waals surface area contributed by atoms with Gasteiger partial charge in [-0.15, -0.1) is 12.4 Å². The first kappa shape index (κ1) is 21.5. The number of hydrogen-bond donors (Lipinski definition) is 1. The van der Waals surface area contributed by atoms with E-state index in [4.69, 9.17) is 10.5 Å². The van der Waals surface area contributed by atoms with Gasteiger partial charge in [-0.05, 0) is 24.1 Å². The molecule has 0 spiro atoms. The van der Waals surface area contributed by atoms with Crippen LogP contribution < -0.4 is 10.5 Å². The van der Waals surface area contributed by atoms with E-state index < -0.39 is 12.8 Å². The fraction of sp³-hybridized carbons (Fsp3) is 0.400.